The van der Waals surface area contributed by atoms with Gasteiger partial charge in [0.1, 0.15) is 6.54 Å². The van der Waals surface area contributed by atoms with Gasteiger partial charge < -0.3 is 9.64 Å². The minimum absolute atomic E-state index is 0.0596. The minimum Gasteiger partial charge on any atom is -0.451 e. The van der Waals surface area contributed by atoms with Gasteiger partial charge in [-0.2, -0.15) is 0 Å². The molecule has 2 aliphatic heterocycles. The van der Waals surface area contributed by atoms with Crippen molar-refractivity contribution in [1.29, 1.82) is 0 Å². The number of ether oxygens (including phenoxy) is 1. The second kappa shape index (κ2) is 8.74. The molecule has 2 atom stereocenters. The molecule has 1 fully saturated rings. The summed E-state index contributed by atoms with van der Waals surface area (Å²) in [6.07, 6.45) is -0.672. The first kappa shape index (κ1) is 21.6. The SMILES string of the molecule is CCN(C(=O)C(C)OC(=O)CN1C(=O)CSc2ccccc21)C1CCS(=O)(=O)C1. The molecule has 0 N–H and O–H groups in total. The Morgan fingerprint density at radius 1 is 1.34 bits per heavy atom. The van der Waals surface area contributed by atoms with Gasteiger partial charge >= 0.3 is 5.97 Å². The van der Waals surface area contributed by atoms with Crippen LogP contribution in [0.2, 0.25) is 0 Å². The summed E-state index contributed by atoms with van der Waals surface area (Å²) in [4.78, 5) is 41.2. The molecule has 0 saturated carbocycles. The number of para-hydroxylation sites is 1. The molecule has 1 aromatic rings. The van der Waals surface area contributed by atoms with Crippen molar-refractivity contribution in [3.8, 4) is 0 Å². The van der Waals surface area contributed by atoms with Crippen molar-refractivity contribution in [3.63, 3.8) is 0 Å². The van der Waals surface area contributed by atoms with Crippen molar-refractivity contribution in [3.05, 3.63) is 24.3 Å². The van der Waals surface area contributed by atoms with Crippen molar-refractivity contribution in [2.24, 2.45) is 0 Å². The first-order valence-corrected chi connectivity index (χ1v) is 12.2. The molecule has 158 valence electrons. The number of sulfone groups is 1. The standard InChI is InChI=1S/C19H24N2O6S2/c1-3-20(14-8-9-29(25,26)12-14)19(24)13(2)27-18(23)10-21-15-6-4-5-7-16(15)28-11-17(21)22/h4-7,13-14H,3,8-12H2,1-2H3. The number of carbonyl (C=O) groups is 3. The Bertz CT molecular complexity index is 917. The van der Waals surface area contributed by atoms with E-state index in [0.29, 0.717) is 18.7 Å². The molecule has 0 bridgehead atoms. The van der Waals surface area contributed by atoms with E-state index in [9.17, 15) is 22.8 Å². The summed E-state index contributed by atoms with van der Waals surface area (Å²) >= 11 is 1.41. The maximum absolute atomic E-state index is 12.7. The van der Waals surface area contributed by atoms with E-state index in [0.717, 1.165) is 4.90 Å². The van der Waals surface area contributed by atoms with Crippen molar-refractivity contribution in [2.45, 2.75) is 37.3 Å². The molecule has 2 heterocycles. The van der Waals surface area contributed by atoms with Gasteiger partial charge in [0, 0.05) is 17.5 Å². The molecule has 10 heteroatoms. The van der Waals surface area contributed by atoms with Crippen LogP contribution in [-0.4, -0.2) is 73.6 Å². The van der Waals surface area contributed by atoms with Gasteiger partial charge in [-0.25, -0.2) is 8.42 Å². The van der Waals surface area contributed by atoms with Crippen LogP contribution < -0.4 is 4.90 Å². The van der Waals surface area contributed by atoms with E-state index in [1.54, 1.807) is 19.1 Å². The Labute approximate surface area is 174 Å². The van der Waals surface area contributed by atoms with Crippen LogP contribution in [0.1, 0.15) is 20.3 Å². The normalized spacial score (nSPS) is 21.4. The van der Waals surface area contributed by atoms with Crippen LogP contribution >= 0.6 is 11.8 Å². The maximum Gasteiger partial charge on any atom is 0.326 e. The summed E-state index contributed by atoms with van der Waals surface area (Å²) in [6.45, 7) is 3.28. The molecule has 1 aromatic carbocycles. The van der Waals surface area contributed by atoms with E-state index in [4.69, 9.17) is 4.74 Å². The highest BCUT2D eigenvalue weighted by molar-refractivity contribution is 8.00. The summed E-state index contributed by atoms with van der Waals surface area (Å²) in [6, 6.07) is 6.90. The highest BCUT2D eigenvalue weighted by atomic mass is 32.2. The Morgan fingerprint density at radius 2 is 2.07 bits per heavy atom. The minimum atomic E-state index is -3.13. The Morgan fingerprint density at radius 3 is 2.72 bits per heavy atom. The van der Waals surface area contributed by atoms with E-state index < -0.39 is 33.9 Å². The molecule has 1 saturated heterocycles. The fraction of sp³-hybridized carbons (Fsp3) is 0.526. The number of anilines is 1. The average molecular weight is 441 g/mol. The second-order valence-electron chi connectivity index (χ2n) is 7.05. The van der Waals surface area contributed by atoms with E-state index in [1.807, 2.05) is 12.1 Å². The molecular weight excluding hydrogens is 416 g/mol. The number of nitrogens with zero attached hydrogens (tertiary/aromatic N) is 2. The van der Waals surface area contributed by atoms with E-state index >= 15 is 0 Å². The van der Waals surface area contributed by atoms with Crippen LogP contribution in [0.5, 0.6) is 0 Å². The molecule has 0 spiro atoms. The third-order valence-electron chi connectivity index (χ3n) is 5.02. The lowest BCUT2D eigenvalue weighted by molar-refractivity contribution is -0.159. The van der Waals surface area contributed by atoms with Crippen LogP contribution in [0.3, 0.4) is 0 Å². The van der Waals surface area contributed by atoms with Gasteiger partial charge in [0.2, 0.25) is 5.91 Å². The van der Waals surface area contributed by atoms with Crippen molar-refractivity contribution >= 4 is 45.1 Å². The van der Waals surface area contributed by atoms with Crippen LogP contribution in [0.4, 0.5) is 5.69 Å². The number of benzene rings is 1. The number of thioether (sulfide) groups is 1. The Hall–Kier alpha value is -2.07. The van der Waals surface area contributed by atoms with Crippen LogP contribution in [0.25, 0.3) is 0 Å². The number of hydrogen-bond donors (Lipinski definition) is 0. The second-order valence-corrected chi connectivity index (χ2v) is 10.3. The summed E-state index contributed by atoms with van der Waals surface area (Å²) < 4.78 is 28.7. The molecular formula is C19H24N2O6S2. The Kier molecular flexibility index (Phi) is 6.52. The predicted octanol–water partition coefficient (Wildman–Crippen LogP) is 1.09. The summed E-state index contributed by atoms with van der Waals surface area (Å²) in [7, 11) is -3.13. The molecule has 0 aliphatic carbocycles. The van der Waals surface area contributed by atoms with E-state index in [-0.39, 0.29) is 29.7 Å². The van der Waals surface area contributed by atoms with Gasteiger partial charge in [-0.3, -0.25) is 19.3 Å². The van der Waals surface area contributed by atoms with Crippen LogP contribution in [0.15, 0.2) is 29.2 Å². The zero-order valence-corrected chi connectivity index (χ0v) is 18.0. The van der Waals surface area contributed by atoms with Crippen molar-refractivity contribution in [1.82, 2.24) is 4.90 Å². The lowest BCUT2D eigenvalue weighted by Crippen LogP contribution is -2.47. The van der Waals surface area contributed by atoms with Gasteiger partial charge in [0.25, 0.3) is 5.91 Å². The molecule has 8 nitrogen and oxygen atoms in total. The summed E-state index contributed by atoms with van der Waals surface area (Å²) in [5, 5.41) is 0. The maximum atomic E-state index is 12.7. The molecule has 29 heavy (non-hydrogen) atoms. The number of carbonyl (C=O) groups excluding carboxylic acids is 3. The first-order valence-electron chi connectivity index (χ1n) is 9.44. The highest BCUT2D eigenvalue weighted by Gasteiger charge is 2.36. The van der Waals surface area contributed by atoms with Gasteiger partial charge in [0.15, 0.2) is 15.9 Å². The zero-order valence-electron chi connectivity index (χ0n) is 16.4. The predicted molar refractivity (Wildman–Crippen MR) is 110 cm³/mol. The largest absolute Gasteiger partial charge is 0.451 e. The first-order chi connectivity index (χ1) is 13.7. The van der Waals surface area contributed by atoms with Crippen molar-refractivity contribution in [2.75, 3.05) is 35.2 Å². The van der Waals surface area contributed by atoms with Gasteiger partial charge in [-0.1, -0.05) is 12.1 Å². The zero-order chi connectivity index (χ0) is 21.2. The third-order valence-corrected chi connectivity index (χ3v) is 7.82. The molecule has 2 aliphatic rings. The van der Waals surface area contributed by atoms with Gasteiger partial charge in [-0.05, 0) is 32.4 Å². The molecule has 3 rings (SSSR count). The number of hydrogen-bond acceptors (Lipinski definition) is 7. The van der Waals surface area contributed by atoms with Crippen LogP contribution in [-0.2, 0) is 29.0 Å². The summed E-state index contributed by atoms with van der Waals surface area (Å²) in [5.41, 5.74) is 0.649. The number of rotatable bonds is 6. The smallest absolute Gasteiger partial charge is 0.326 e. The number of likely N-dealkylation sites (N-methyl/N-ethyl adjacent to an activating group) is 1. The monoisotopic (exact) mass is 440 g/mol. The topological polar surface area (TPSA) is 101 Å². The van der Waals surface area contributed by atoms with E-state index in [2.05, 4.69) is 0 Å². The summed E-state index contributed by atoms with van der Waals surface area (Å²) in [5.74, 6) is -1.08. The molecule has 2 unspecified atom stereocenters. The van der Waals surface area contributed by atoms with E-state index in [1.165, 1.54) is 28.5 Å². The lowest BCUT2D eigenvalue weighted by Gasteiger charge is -2.30. The van der Waals surface area contributed by atoms with Crippen LogP contribution in [0, 0.1) is 0 Å². The van der Waals surface area contributed by atoms with Gasteiger partial charge in [0.05, 0.1) is 22.9 Å². The quantitative estimate of drug-likeness (QED) is 0.611. The average Bonchev–Trinajstić information content (AvgIpc) is 3.04. The molecule has 0 radical (unpaired) electrons. The number of esters is 1. The third kappa shape index (κ3) is 4.92. The Balaban J connectivity index is 1.63. The number of fused-ring (bicyclic) bond motifs is 1. The van der Waals surface area contributed by atoms with Crippen molar-refractivity contribution < 1.29 is 27.5 Å². The fourth-order valence-corrected chi connectivity index (χ4v) is 6.26. The highest BCUT2D eigenvalue weighted by Crippen LogP contribution is 2.34. The fourth-order valence-electron chi connectivity index (χ4n) is 3.59. The van der Waals surface area contributed by atoms with Gasteiger partial charge in [-0.15, -0.1) is 11.8 Å². The number of amides is 2. The molecule has 0 aromatic heterocycles. The molecule has 2 amide bonds. The lowest BCUT2D eigenvalue weighted by atomic mass is 10.2.